The Balaban J connectivity index is 2.06. The van der Waals surface area contributed by atoms with Crippen LogP contribution in [0.3, 0.4) is 0 Å². The van der Waals surface area contributed by atoms with Crippen molar-refractivity contribution < 1.29 is 0 Å². The van der Waals surface area contributed by atoms with Crippen molar-refractivity contribution in [2.75, 3.05) is 18.0 Å². The van der Waals surface area contributed by atoms with E-state index in [4.69, 9.17) is 5.84 Å². The SMILES string of the molecule is CC(NN)c1ccc(N2CCCCC2)cc1. The molecule has 3 nitrogen and oxygen atoms in total. The minimum Gasteiger partial charge on any atom is -0.372 e. The summed E-state index contributed by atoms with van der Waals surface area (Å²) in [6.07, 6.45) is 4.02. The van der Waals surface area contributed by atoms with Gasteiger partial charge in [-0.25, -0.2) is 0 Å². The maximum Gasteiger partial charge on any atom is 0.0431 e. The van der Waals surface area contributed by atoms with Crippen LogP contribution in [-0.2, 0) is 0 Å². The number of rotatable bonds is 3. The van der Waals surface area contributed by atoms with E-state index in [2.05, 4.69) is 41.5 Å². The Morgan fingerprint density at radius 2 is 1.75 bits per heavy atom. The van der Waals surface area contributed by atoms with E-state index in [0.717, 1.165) is 0 Å². The van der Waals surface area contributed by atoms with Crippen LogP contribution in [0.2, 0.25) is 0 Å². The second-order valence-electron chi connectivity index (χ2n) is 4.53. The molecule has 0 radical (unpaired) electrons. The Labute approximate surface area is 97.6 Å². The van der Waals surface area contributed by atoms with E-state index >= 15 is 0 Å². The molecule has 3 heteroatoms. The molecule has 1 heterocycles. The van der Waals surface area contributed by atoms with Crippen LogP contribution in [0.4, 0.5) is 5.69 Å². The summed E-state index contributed by atoms with van der Waals surface area (Å²) in [4.78, 5) is 2.47. The number of nitrogens with two attached hydrogens (primary N) is 1. The van der Waals surface area contributed by atoms with Crippen LogP contribution in [0.15, 0.2) is 24.3 Å². The molecule has 1 aromatic rings. The van der Waals surface area contributed by atoms with Crippen molar-refractivity contribution in [3.8, 4) is 0 Å². The third kappa shape index (κ3) is 2.54. The molecular weight excluding hydrogens is 198 g/mol. The summed E-state index contributed by atoms with van der Waals surface area (Å²) in [6.45, 7) is 4.46. The molecule has 0 saturated carbocycles. The van der Waals surface area contributed by atoms with Crippen LogP contribution in [0, 0.1) is 0 Å². The van der Waals surface area contributed by atoms with Crippen LogP contribution < -0.4 is 16.2 Å². The summed E-state index contributed by atoms with van der Waals surface area (Å²) in [6, 6.07) is 8.95. The Bertz CT molecular complexity index is 314. The fourth-order valence-electron chi connectivity index (χ4n) is 2.22. The summed E-state index contributed by atoms with van der Waals surface area (Å²) in [5.74, 6) is 5.42. The van der Waals surface area contributed by atoms with Gasteiger partial charge in [0.15, 0.2) is 0 Å². The first-order chi connectivity index (χ1) is 7.81. The van der Waals surface area contributed by atoms with Gasteiger partial charge in [0.05, 0.1) is 0 Å². The minimum atomic E-state index is 0.218. The zero-order valence-electron chi connectivity index (χ0n) is 9.95. The number of benzene rings is 1. The number of nitrogens with zero attached hydrogens (tertiary/aromatic N) is 1. The lowest BCUT2D eigenvalue weighted by Gasteiger charge is -2.29. The molecule has 0 bridgehead atoms. The highest BCUT2D eigenvalue weighted by Gasteiger charge is 2.11. The van der Waals surface area contributed by atoms with Crippen molar-refractivity contribution >= 4 is 5.69 Å². The highest BCUT2D eigenvalue weighted by Crippen LogP contribution is 2.21. The van der Waals surface area contributed by atoms with Crippen molar-refractivity contribution in [3.63, 3.8) is 0 Å². The Kier molecular flexibility index (Phi) is 3.80. The van der Waals surface area contributed by atoms with Crippen molar-refractivity contribution in [1.82, 2.24) is 5.43 Å². The largest absolute Gasteiger partial charge is 0.372 e. The van der Waals surface area contributed by atoms with Gasteiger partial charge >= 0.3 is 0 Å². The first-order valence-electron chi connectivity index (χ1n) is 6.12. The molecule has 1 aliphatic heterocycles. The smallest absolute Gasteiger partial charge is 0.0431 e. The molecular formula is C13H21N3. The standard InChI is InChI=1S/C13H21N3/c1-11(15-14)12-5-7-13(8-6-12)16-9-3-2-4-10-16/h5-8,11,15H,2-4,9-10,14H2,1H3. The van der Waals surface area contributed by atoms with Gasteiger partial charge in [-0.05, 0) is 43.9 Å². The number of piperidine rings is 1. The molecule has 88 valence electrons. The van der Waals surface area contributed by atoms with E-state index in [0.29, 0.717) is 0 Å². The summed E-state index contributed by atoms with van der Waals surface area (Å²) < 4.78 is 0. The summed E-state index contributed by atoms with van der Waals surface area (Å²) in [7, 11) is 0. The minimum absolute atomic E-state index is 0.218. The molecule has 1 unspecified atom stereocenters. The van der Waals surface area contributed by atoms with Crippen LogP contribution in [-0.4, -0.2) is 13.1 Å². The van der Waals surface area contributed by atoms with Crippen molar-refractivity contribution in [1.29, 1.82) is 0 Å². The number of hydrogen-bond acceptors (Lipinski definition) is 3. The van der Waals surface area contributed by atoms with Crippen molar-refractivity contribution in [3.05, 3.63) is 29.8 Å². The zero-order valence-corrected chi connectivity index (χ0v) is 9.95. The van der Waals surface area contributed by atoms with Gasteiger partial charge in [-0.3, -0.25) is 11.3 Å². The summed E-state index contributed by atoms with van der Waals surface area (Å²) >= 11 is 0. The second-order valence-corrected chi connectivity index (χ2v) is 4.53. The first kappa shape index (κ1) is 11.4. The monoisotopic (exact) mass is 219 g/mol. The van der Waals surface area contributed by atoms with Gasteiger partial charge in [-0.1, -0.05) is 12.1 Å². The average Bonchev–Trinajstić information content (AvgIpc) is 2.39. The van der Waals surface area contributed by atoms with E-state index < -0.39 is 0 Å². The maximum atomic E-state index is 5.42. The maximum absolute atomic E-state index is 5.42. The van der Waals surface area contributed by atoms with Crippen LogP contribution in [0.1, 0.15) is 37.8 Å². The van der Waals surface area contributed by atoms with Gasteiger partial charge in [-0.2, -0.15) is 0 Å². The number of hydrogen-bond donors (Lipinski definition) is 2. The third-order valence-electron chi connectivity index (χ3n) is 3.36. The Morgan fingerprint density at radius 3 is 2.31 bits per heavy atom. The highest BCUT2D eigenvalue weighted by molar-refractivity contribution is 5.48. The first-order valence-corrected chi connectivity index (χ1v) is 6.12. The number of hydrazine groups is 1. The van der Waals surface area contributed by atoms with E-state index in [1.165, 1.54) is 43.6 Å². The fraction of sp³-hybridized carbons (Fsp3) is 0.538. The van der Waals surface area contributed by atoms with Gasteiger partial charge in [0, 0.05) is 24.8 Å². The Morgan fingerprint density at radius 1 is 1.12 bits per heavy atom. The summed E-state index contributed by atoms with van der Waals surface area (Å²) in [5.41, 5.74) is 5.35. The van der Waals surface area contributed by atoms with Gasteiger partial charge in [0.2, 0.25) is 0 Å². The molecule has 16 heavy (non-hydrogen) atoms. The average molecular weight is 219 g/mol. The molecule has 0 aliphatic carbocycles. The van der Waals surface area contributed by atoms with E-state index in [-0.39, 0.29) is 6.04 Å². The van der Waals surface area contributed by atoms with Gasteiger partial charge in [-0.15, -0.1) is 0 Å². The lowest BCUT2D eigenvalue weighted by molar-refractivity contribution is 0.577. The lowest BCUT2D eigenvalue weighted by atomic mass is 10.1. The molecule has 1 fully saturated rings. The fourth-order valence-corrected chi connectivity index (χ4v) is 2.22. The molecule has 1 aromatic carbocycles. The van der Waals surface area contributed by atoms with Gasteiger partial charge in [0.25, 0.3) is 0 Å². The molecule has 3 N–H and O–H groups in total. The molecule has 2 rings (SSSR count). The van der Waals surface area contributed by atoms with E-state index in [9.17, 15) is 0 Å². The zero-order chi connectivity index (χ0) is 11.4. The van der Waals surface area contributed by atoms with Gasteiger partial charge < -0.3 is 4.90 Å². The molecule has 1 atom stereocenters. The second kappa shape index (κ2) is 5.32. The molecule has 0 aromatic heterocycles. The molecule has 1 saturated heterocycles. The molecule has 1 aliphatic rings. The van der Waals surface area contributed by atoms with Crippen LogP contribution >= 0.6 is 0 Å². The quantitative estimate of drug-likeness (QED) is 0.605. The predicted molar refractivity (Wildman–Crippen MR) is 68.2 cm³/mol. The normalized spacial score (nSPS) is 18.5. The van der Waals surface area contributed by atoms with Gasteiger partial charge in [0.1, 0.15) is 0 Å². The topological polar surface area (TPSA) is 41.3 Å². The third-order valence-corrected chi connectivity index (χ3v) is 3.36. The molecule has 0 spiro atoms. The van der Waals surface area contributed by atoms with E-state index in [1.54, 1.807) is 0 Å². The lowest BCUT2D eigenvalue weighted by Crippen LogP contribution is -2.29. The van der Waals surface area contributed by atoms with Crippen molar-refractivity contribution in [2.24, 2.45) is 5.84 Å². The number of anilines is 1. The highest BCUT2D eigenvalue weighted by atomic mass is 15.2. The predicted octanol–water partition coefficient (Wildman–Crippen LogP) is 2.20. The van der Waals surface area contributed by atoms with Crippen molar-refractivity contribution in [2.45, 2.75) is 32.2 Å². The number of nitrogens with one attached hydrogen (secondary N) is 1. The Hall–Kier alpha value is -1.06. The molecule has 0 amide bonds. The van der Waals surface area contributed by atoms with Crippen LogP contribution in [0.25, 0.3) is 0 Å². The van der Waals surface area contributed by atoms with E-state index in [1.807, 2.05) is 0 Å². The summed E-state index contributed by atoms with van der Waals surface area (Å²) in [5, 5.41) is 0. The van der Waals surface area contributed by atoms with Crippen LogP contribution in [0.5, 0.6) is 0 Å².